The van der Waals surface area contributed by atoms with Crippen LogP contribution in [0.3, 0.4) is 0 Å². The Morgan fingerprint density at radius 3 is 3.09 bits per heavy atom. The number of hydrogen-bond acceptors (Lipinski definition) is 5. The van der Waals surface area contributed by atoms with Gasteiger partial charge in [0.05, 0.1) is 19.3 Å². The molecular weight excluding hydrogens is 296 g/mol. The van der Waals surface area contributed by atoms with Crippen molar-refractivity contribution in [3.05, 3.63) is 47.9 Å². The van der Waals surface area contributed by atoms with Crippen LogP contribution in [0.2, 0.25) is 0 Å². The van der Waals surface area contributed by atoms with E-state index in [9.17, 15) is 4.79 Å². The van der Waals surface area contributed by atoms with Gasteiger partial charge in [-0.3, -0.25) is 4.79 Å². The minimum atomic E-state index is -0.299. The highest BCUT2D eigenvalue weighted by Gasteiger charge is 2.14. The molecule has 0 aliphatic carbocycles. The molecule has 1 N–H and O–H groups in total. The number of anilines is 1. The summed E-state index contributed by atoms with van der Waals surface area (Å²) in [5.74, 6) is -0.299. The van der Waals surface area contributed by atoms with Crippen LogP contribution >= 0.6 is 0 Å². The van der Waals surface area contributed by atoms with Crippen molar-refractivity contribution in [2.75, 3.05) is 18.5 Å². The third kappa shape index (κ3) is 4.64. The SMILES string of the molecule is O=C(Nc1cccc(COC[C@H]2CCCCO2)c1)c1ccon1. The topological polar surface area (TPSA) is 73.6 Å². The number of rotatable bonds is 6. The Bertz CT molecular complexity index is 621. The quantitative estimate of drug-likeness (QED) is 0.887. The van der Waals surface area contributed by atoms with E-state index >= 15 is 0 Å². The maximum absolute atomic E-state index is 11.9. The Balaban J connectivity index is 1.49. The smallest absolute Gasteiger partial charge is 0.277 e. The van der Waals surface area contributed by atoms with Crippen molar-refractivity contribution in [1.82, 2.24) is 5.16 Å². The number of amides is 1. The Morgan fingerprint density at radius 1 is 1.35 bits per heavy atom. The molecule has 1 fully saturated rings. The van der Waals surface area contributed by atoms with Gasteiger partial charge in [0.1, 0.15) is 6.26 Å². The molecule has 0 bridgehead atoms. The molecule has 122 valence electrons. The van der Waals surface area contributed by atoms with Crippen LogP contribution in [-0.2, 0) is 16.1 Å². The van der Waals surface area contributed by atoms with Gasteiger partial charge in [-0.2, -0.15) is 0 Å². The zero-order chi connectivity index (χ0) is 15.9. The Kier molecular flexibility index (Phi) is 5.39. The van der Waals surface area contributed by atoms with Gasteiger partial charge < -0.3 is 19.3 Å². The van der Waals surface area contributed by atoms with Crippen LogP contribution in [0.4, 0.5) is 5.69 Å². The molecule has 1 amide bonds. The third-order valence-electron chi connectivity index (χ3n) is 3.70. The lowest BCUT2D eigenvalue weighted by molar-refractivity contribution is -0.0447. The van der Waals surface area contributed by atoms with Crippen molar-refractivity contribution in [1.29, 1.82) is 0 Å². The van der Waals surface area contributed by atoms with Crippen LogP contribution in [0, 0.1) is 0 Å². The maximum Gasteiger partial charge on any atom is 0.277 e. The first kappa shape index (κ1) is 15.7. The molecule has 0 saturated carbocycles. The third-order valence-corrected chi connectivity index (χ3v) is 3.70. The highest BCUT2D eigenvalue weighted by molar-refractivity contribution is 6.02. The molecule has 2 aromatic rings. The van der Waals surface area contributed by atoms with E-state index in [1.807, 2.05) is 24.3 Å². The molecule has 0 radical (unpaired) electrons. The van der Waals surface area contributed by atoms with E-state index < -0.39 is 0 Å². The van der Waals surface area contributed by atoms with Gasteiger partial charge in [0.15, 0.2) is 5.69 Å². The van der Waals surface area contributed by atoms with Crippen LogP contribution in [0.1, 0.15) is 35.3 Å². The summed E-state index contributed by atoms with van der Waals surface area (Å²) in [5.41, 5.74) is 1.95. The lowest BCUT2D eigenvalue weighted by Crippen LogP contribution is -2.24. The molecule has 2 heterocycles. The Hall–Kier alpha value is -2.18. The van der Waals surface area contributed by atoms with Gasteiger partial charge in [0.2, 0.25) is 0 Å². The molecule has 0 spiro atoms. The monoisotopic (exact) mass is 316 g/mol. The summed E-state index contributed by atoms with van der Waals surface area (Å²) in [7, 11) is 0. The fourth-order valence-corrected chi connectivity index (χ4v) is 2.51. The van der Waals surface area contributed by atoms with E-state index in [0.717, 1.165) is 25.0 Å². The van der Waals surface area contributed by atoms with Crippen molar-refractivity contribution in [3.63, 3.8) is 0 Å². The van der Waals surface area contributed by atoms with Gasteiger partial charge in [0.25, 0.3) is 5.91 Å². The molecule has 1 atom stereocenters. The van der Waals surface area contributed by atoms with Crippen molar-refractivity contribution in [2.45, 2.75) is 32.0 Å². The standard InChI is InChI=1S/C17H20N2O4/c20-17(16-7-9-23-19-16)18-14-5-3-4-13(10-14)11-21-12-15-6-1-2-8-22-15/h3-5,7,9-10,15H,1-2,6,8,11-12H2,(H,18,20)/t15-/m1/s1. The van der Waals surface area contributed by atoms with Gasteiger partial charge in [-0.15, -0.1) is 0 Å². The maximum atomic E-state index is 11.9. The van der Waals surface area contributed by atoms with Crippen LogP contribution in [0.5, 0.6) is 0 Å². The van der Waals surface area contributed by atoms with Gasteiger partial charge in [0, 0.05) is 18.4 Å². The number of hydrogen-bond donors (Lipinski definition) is 1. The van der Waals surface area contributed by atoms with Crippen molar-refractivity contribution in [2.24, 2.45) is 0 Å². The zero-order valence-electron chi connectivity index (χ0n) is 12.9. The molecule has 1 aliphatic heterocycles. The van der Waals surface area contributed by atoms with E-state index in [1.54, 1.807) is 0 Å². The summed E-state index contributed by atoms with van der Waals surface area (Å²) in [5, 5.41) is 6.39. The average Bonchev–Trinajstić information content (AvgIpc) is 3.11. The van der Waals surface area contributed by atoms with Gasteiger partial charge >= 0.3 is 0 Å². The molecule has 1 aliphatic rings. The summed E-state index contributed by atoms with van der Waals surface area (Å²) in [6.45, 7) is 1.93. The fourth-order valence-electron chi connectivity index (χ4n) is 2.51. The number of carbonyl (C=O) groups excluding carboxylic acids is 1. The zero-order valence-corrected chi connectivity index (χ0v) is 12.9. The Morgan fingerprint density at radius 2 is 2.30 bits per heavy atom. The average molecular weight is 316 g/mol. The predicted octanol–water partition coefficient (Wildman–Crippen LogP) is 3.01. The second kappa shape index (κ2) is 7.89. The summed E-state index contributed by atoms with van der Waals surface area (Å²) in [4.78, 5) is 11.9. The van der Waals surface area contributed by atoms with E-state index in [0.29, 0.717) is 18.9 Å². The number of ether oxygens (including phenoxy) is 2. The summed E-state index contributed by atoms with van der Waals surface area (Å²) in [6.07, 6.45) is 4.99. The van der Waals surface area contributed by atoms with Crippen LogP contribution in [0.15, 0.2) is 41.1 Å². The fraction of sp³-hybridized carbons (Fsp3) is 0.412. The molecule has 1 aromatic carbocycles. The first-order valence-electron chi connectivity index (χ1n) is 7.81. The molecule has 6 heteroatoms. The summed E-state index contributed by atoms with van der Waals surface area (Å²) < 4.78 is 16.0. The van der Waals surface area contributed by atoms with Gasteiger partial charge in [-0.25, -0.2) is 0 Å². The second-order valence-electron chi connectivity index (χ2n) is 5.54. The minimum Gasteiger partial charge on any atom is -0.376 e. The van der Waals surface area contributed by atoms with Crippen molar-refractivity contribution in [3.8, 4) is 0 Å². The van der Waals surface area contributed by atoms with Crippen molar-refractivity contribution < 1.29 is 18.8 Å². The Labute approximate surface area is 134 Å². The number of nitrogens with one attached hydrogen (secondary N) is 1. The highest BCUT2D eigenvalue weighted by Crippen LogP contribution is 2.15. The lowest BCUT2D eigenvalue weighted by Gasteiger charge is -2.22. The van der Waals surface area contributed by atoms with Crippen molar-refractivity contribution >= 4 is 11.6 Å². The van der Waals surface area contributed by atoms with Crippen LogP contribution < -0.4 is 5.32 Å². The first-order valence-corrected chi connectivity index (χ1v) is 7.81. The number of benzene rings is 1. The van der Waals surface area contributed by atoms with E-state index in [1.165, 1.54) is 18.8 Å². The normalized spacial score (nSPS) is 17.8. The van der Waals surface area contributed by atoms with E-state index in [4.69, 9.17) is 9.47 Å². The molecular formula is C17H20N2O4. The summed E-state index contributed by atoms with van der Waals surface area (Å²) in [6, 6.07) is 9.08. The van der Waals surface area contributed by atoms with E-state index in [-0.39, 0.29) is 17.7 Å². The van der Waals surface area contributed by atoms with Gasteiger partial charge in [-0.1, -0.05) is 17.3 Å². The molecule has 1 aromatic heterocycles. The lowest BCUT2D eigenvalue weighted by atomic mass is 10.1. The summed E-state index contributed by atoms with van der Waals surface area (Å²) >= 11 is 0. The molecule has 0 unspecified atom stereocenters. The first-order chi connectivity index (χ1) is 11.3. The largest absolute Gasteiger partial charge is 0.376 e. The number of aromatic nitrogens is 1. The predicted molar refractivity (Wildman–Crippen MR) is 84.1 cm³/mol. The molecule has 6 nitrogen and oxygen atoms in total. The molecule has 1 saturated heterocycles. The highest BCUT2D eigenvalue weighted by atomic mass is 16.5. The van der Waals surface area contributed by atoms with Crippen LogP contribution in [0.25, 0.3) is 0 Å². The second-order valence-corrected chi connectivity index (χ2v) is 5.54. The number of nitrogens with zero attached hydrogens (tertiary/aromatic N) is 1. The molecule has 3 rings (SSSR count). The molecule has 23 heavy (non-hydrogen) atoms. The van der Waals surface area contributed by atoms with Gasteiger partial charge in [-0.05, 0) is 37.0 Å². The number of carbonyl (C=O) groups is 1. The van der Waals surface area contributed by atoms with E-state index in [2.05, 4.69) is 15.0 Å². The minimum absolute atomic E-state index is 0.207. The van der Waals surface area contributed by atoms with Crippen LogP contribution in [-0.4, -0.2) is 30.4 Å².